The summed E-state index contributed by atoms with van der Waals surface area (Å²) in [5.41, 5.74) is 4.68. The van der Waals surface area contributed by atoms with Crippen molar-refractivity contribution < 1.29 is 0 Å². The van der Waals surface area contributed by atoms with Crippen molar-refractivity contribution in [3.8, 4) is 0 Å². The summed E-state index contributed by atoms with van der Waals surface area (Å²) >= 11 is 3.39. The number of aryl methyl sites for hydroxylation is 1. The molecule has 0 bridgehead atoms. The quantitative estimate of drug-likeness (QED) is 0.598. The summed E-state index contributed by atoms with van der Waals surface area (Å²) in [4.78, 5) is 8.22. The topological polar surface area (TPSA) is 75.9 Å². The van der Waals surface area contributed by atoms with Crippen molar-refractivity contribution in [3.63, 3.8) is 0 Å². The average Bonchev–Trinajstić information content (AvgIpc) is 2.42. The number of nitrogens with one attached hydrogen (secondary N) is 2. The molecule has 0 unspecified atom stereocenters. The Labute approximate surface area is 114 Å². The van der Waals surface area contributed by atoms with E-state index < -0.39 is 0 Å². The smallest absolute Gasteiger partial charge is 0.239 e. The van der Waals surface area contributed by atoms with Crippen LogP contribution in [0.3, 0.4) is 0 Å². The number of rotatable bonds is 4. The number of hydrogen-bond acceptors (Lipinski definition) is 5. The molecule has 94 valence electrons. The molecule has 1 aromatic carbocycles. The van der Waals surface area contributed by atoms with E-state index >= 15 is 0 Å². The van der Waals surface area contributed by atoms with E-state index in [1.54, 1.807) is 6.20 Å². The molecule has 5 nitrogen and oxygen atoms in total. The Balaban J connectivity index is 2.21. The van der Waals surface area contributed by atoms with Crippen LogP contribution in [0, 0.1) is 0 Å². The molecule has 0 amide bonds. The Hall–Kier alpha value is -1.66. The molecule has 2 rings (SSSR count). The van der Waals surface area contributed by atoms with Gasteiger partial charge in [0, 0.05) is 11.9 Å². The maximum Gasteiger partial charge on any atom is 0.239 e. The molecule has 0 fully saturated rings. The maximum atomic E-state index is 5.28. The van der Waals surface area contributed by atoms with Crippen LogP contribution in [0.1, 0.15) is 12.5 Å². The second-order valence-corrected chi connectivity index (χ2v) is 4.56. The Morgan fingerprint density at radius 3 is 2.61 bits per heavy atom. The monoisotopic (exact) mass is 307 g/mol. The molecule has 6 heteroatoms. The molecule has 18 heavy (non-hydrogen) atoms. The highest BCUT2D eigenvalue weighted by atomic mass is 79.9. The third-order valence-electron chi connectivity index (χ3n) is 2.50. The lowest BCUT2D eigenvalue weighted by molar-refractivity contribution is 1.11. The number of hydrazine groups is 1. The summed E-state index contributed by atoms with van der Waals surface area (Å²) in [7, 11) is 0. The SMILES string of the molecule is CCc1ccc(Nc2nc(NN)ncc2Br)cc1. The van der Waals surface area contributed by atoms with Gasteiger partial charge in [0.15, 0.2) is 0 Å². The zero-order valence-electron chi connectivity index (χ0n) is 9.94. The zero-order chi connectivity index (χ0) is 13.0. The first-order chi connectivity index (χ1) is 8.72. The lowest BCUT2D eigenvalue weighted by Crippen LogP contribution is -2.11. The van der Waals surface area contributed by atoms with E-state index in [4.69, 9.17) is 5.84 Å². The standard InChI is InChI=1S/C12H14BrN5/c1-2-8-3-5-9(6-4-8)16-11-10(13)7-15-12(17-11)18-14/h3-7H,2,14H2,1H3,(H2,15,16,17,18). The number of halogens is 1. The predicted molar refractivity (Wildman–Crippen MR) is 76.6 cm³/mol. The summed E-state index contributed by atoms with van der Waals surface area (Å²) < 4.78 is 0.779. The van der Waals surface area contributed by atoms with Gasteiger partial charge < -0.3 is 5.32 Å². The second kappa shape index (κ2) is 5.79. The van der Waals surface area contributed by atoms with Crippen molar-refractivity contribution in [2.45, 2.75) is 13.3 Å². The third-order valence-corrected chi connectivity index (χ3v) is 3.08. The van der Waals surface area contributed by atoms with E-state index in [-0.39, 0.29) is 0 Å². The Morgan fingerprint density at radius 1 is 1.28 bits per heavy atom. The van der Waals surface area contributed by atoms with Crippen LogP contribution >= 0.6 is 15.9 Å². The van der Waals surface area contributed by atoms with Gasteiger partial charge in [0.1, 0.15) is 5.82 Å². The molecule has 0 aliphatic rings. The van der Waals surface area contributed by atoms with E-state index in [0.717, 1.165) is 16.6 Å². The van der Waals surface area contributed by atoms with Crippen molar-refractivity contribution in [3.05, 3.63) is 40.5 Å². The number of hydrogen-bond donors (Lipinski definition) is 3. The van der Waals surface area contributed by atoms with Crippen LogP contribution in [-0.4, -0.2) is 9.97 Å². The molecule has 2 aromatic rings. The van der Waals surface area contributed by atoms with Crippen LogP contribution < -0.4 is 16.6 Å². The lowest BCUT2D eigenvalue weighted by Gasteiger charge is -2.09. The summed E-state index contributed by atoms with van der Waals surface area (Å²) in [6.45, 7) is 2.13. The molecule has 4 N–H and O–H groups in total. The van der Waals surface area contributed by atoms with Gasteiger partial charge in [0.2, 0.25) is 5.95 Å². The second-order valence-electron chi connectivity index (χ2n) is 3.71. The zero-order valence-corrected chi connectivity index (χ0v) is 11.5. The van der Waals surface area contributed by atoms with Gasteiger partial charge in [-0.2, -0.15) is 4.98 Å². The molecular weight excluding hydrogens is 294 g/mol. The number of nitrogens with two attached hydrogens (primary N) is 1. The molecular formula is C12H14BrN5. The summed E-state index contributed by atoms with van der Waals surface area (Å²) in [5.74, 6) is 6.32. The normalized spacial score (nSPS) is 10.2. The third kappa shape index (κ3) is 2.96. The largest absolute Gasteiger partial charge is 0.339 e. The van der Waals surface area contributed by atoms with Gasteiger partial charge in [-0.1, -0.05) is 19.1 Å². The van der Waals surface area contributed by atoms with E-state index in [2.05, 4.69) is 55.7 Å². The van der Waals surface area contributed by atoms with Gasteiger partial charge in [-0.15, -0.1) is 0 Å². The first-order valence-corrected chi connectivity index (χ1v) is 6.37. The minimum Gasteiger partial charge on any atom is -0.339 e. The van der Waals surface area contributed by atoms with Gasteiger partial charge in [-0.05, 0) is 40.0 Å². The fourth-order valence-electron chi connectivity index (χ4n) is 1.48. The minimum atomic E-state index is 0.367. The Bertz CT molecular complexity index is 526. The number of benzene rings is 1. The van der Waals surface area contributed by atoms with E-state index in [0.29, 0.717) is 11.8 Å². The van der Waals surface area contributed by atoms with Crippen LogP contribution in [0.15, 0.2) is 34.9 Å². The van der Waals surface area contributed by atoms with Crippen molar-refractivity contribution >= 4 is 33.4 Å². The van der Waals surface area contributed by atoms with Gasteiger partial charge >= 0.3 is 0 Å². The molecule has 0 aliphatic heterocycles. The Kier molecular flexibility index (Phi) is 4.11. The predicted octanol–water partition coefficient (Wildman–Crippen LogP) is 2.83. The molecule has 1 aromatic heterocycles. The van der Waals surface area contributed by atoms with Crippen molar-refractivity contribution in [1.82, 2.24) is 9.97 Å². The molecule has 0 radical (unpaired) electrons. The highest BCUT2D eigenvalue weighted by Crippen LogP contribution is 2.24. The highest BCUT2D eigenvalue weighted by Gasteiger charge is 2.04. The van der Waals surface area contributed by atoms with Gasteiger partial charge in [0.25, 0.3) is 0 Å². The Morgan fingerprint density at radius 2 is 2.00 bits per heavy atom. The molecule has 0 atom stereocenters. The van der Waals surface area contributed by atoms with Gasteiger partial charge in [0.05, 0.1) is 4.47 Å². The fourth-order valence-corrected chi connectivity index (χ4v) is 1.77. The van der Waals surface area contributed by atoms with Crippen molar-refractivity contribution in [2.75, 3.05) is 10.7 Å². The van der Waals surface area contributed by atoms with Crippen molar-refractivity contribution in [1.29, 1.82) is 0 Å². The van der Waals surface area contributed by atoms with Gasteiger partial charge in [-0.25, -0.2) is 10.8 Å². The average molecular weight is 308 g/mol. The van der Waals surface area contributed by atoms with Crippen LogP contribution in [0.4, 0.5) is 17.5 Å². The van der Waals surface area contributed by atoms with E-state index in [1.807, 2.05) is 12.1 Å². The van der Waals surface area contributed by atoms with E-state index in [9.17, 15) is 0 Å². The van der Waals surface area contributed by atoms with Crippen LogP contribution in [0.5, 0.6) is 0 Å². The van der Waals surface area contributed by atoms with Crippen LogP contribution in [0.2, 0.25) is 0 Å². The summed E-state index contributed by atoms with van der Waals surface area (Å²) in [6, 6.07) is 8.20. The van der Waals surface area contributed by atoms with Gasteiger partial charge in [-0.3, -0.25) is 5.43 Å². The fraction of sp³-hybridized carbons (Fsp3) is 0.167. The molecule has 0 saturated carbocycles. The first-order valence-electron chi connectivity index (χ1n) is 5.58. The lowest BCUT2D eigenvalue weighted by atomic mass is 10.1. The van der Waals surface area contributed by atoms with Crippen molar-refractivity contribution in [2.24, 2.45) is 5.84 Å². The number of nitrogen functional groups attached to an aromatic ring is 1. The molecule has 0 spiro atoms. The molecule has 0 saturated heterocycles. The van der Waals surface area contributed by atoms with Crippen LogP contribution in [0.25, 0.3) is 0 Å². The number of aromatic nitrogens is 2. The highest BCUT2D eigenvalue weighted by molar-refractivity contribution is 9.10. The first kappa shape index (κ1) is 12.8. The minimum absolute atomic E-state index is 0.367. The molecule has 1 heterocycles. The number of anilines is 3. The summed E-state index contributed by atoms with van der Waals surface area (Å²) in [5, 5.41) is 3.20. The van der Waals surface area contributed by atoms with E-state index in [1.165, 1.54) is 5.56 Å². The van der Waals surface area contributed by atoms with Crippen LogP contribution in [-0.2, 0) is 6.42 Å². The molecule has 0 aliphatic carbocycles. The number of nitrogens with zero attached hydrogens (tertiary/aromatic N) is 2. The maximum absolute atomic E-state index is 5.28. The summed E-state index contributed by atoms with van der Waals surface area (Å²) in [6.07, 6.45) is 2.67.